The molecular weight excluding hydrogens is 306 g/mol. The molecule has 0 saturated carbocycles. The van der Waals surface area contributed by atoms with Gasteiger partial charge in [0, 0.05) is 4.88 Å². The highest BCUT2D eigenvalue weighted by atomic mass is 79.9. The van der Waals surface area contributed by atoms with E-state index in [0.717, 1.165) is 8.66 Å². The molecule has 94 valence electrons. The van der Waals surface area contributed by atoms with Gasteiger partial charge in [-0.1, -0.05) is 0 Å². The number of hydrogen-bond donors (Lipinski definition) is 1. The van der Waals surface area contributed by atoms with Crippen molar-refractivity contribution in [3.05, 3.63) is 20.8 Å². The molecule has 0 fully saturated rings. The number of thiophene rings is 1. The van der Waals surface area contributed by atoms with Crippen LogP contribution in [0.25, 0.3) is 0 Å². The summed E-state index contributed by atoms with van der Waals surface area (Å²) in [7, 11) is 0. The molecule has 0 saturated heterocycles. The SMILES string of the molecule is CC(C)(C)OC(=O)C(=O)NCc1ccc(Br)s1. The summed E-state index contributed by atoms with van der Waals surface area (Å²) >= 11 is 4.83. The van der Waals surface area contributed by atoms with Gasteiger partial charge in [-0.3, -0.25) is 4.79 Å². The average molecular weight is 320 g/mol. The molecule has 1 amide bonds. The summed E-state index contributed by atoms with van der Waals surface area (Å²) in [4.78, 5) is 23.7. The van der Waals surface area contributed by atoms with E-state index in [4.69, 9.17) is 4.74 Å². The van der Waals surface area contributed by atoms with Gasteiger partial charge < -0.3 is 10.1 Å². The number of nitrogens with one attached hydrogen (secondary N) is 1. The summed E-state index contributed by atoms with van der Waals surface area (Å²) in [5.41, 5.74) is -0.652. The van der Waals surface area contributed by atoms with E-state index < -0.39 is 17.5 Å². The molecule has 0 aliphatic heterocycles. The Labute approximate surface area is 112 Å². The minimum atomic E-state index is -0.854. The Morgan fingerprint density at radius 1 is 1.41 bits per heavy atom. The van der Waals surface area contributed by atoms with Crippen molar-refractivity contribution < 1.29 is 14.3 Å². The zero-order valence-corrected chi connectivity index (χ0v) is 12.3. The van der Waals surface area contributed by atoms with Gasteiger partial charge >= 0.3 is 11.9 Å². The van der Waals surface area contributed by atoms with Gasteiger partial charge in [0.05, 0.1) is 10.3 Å². The molecule has 0 unspecified atom stereocenters. The Morgan fingerprint density at radius 3 is 2.53 bits per heavy atom. The minimum Gasteiger partial charge on any atom is -0.453 e. The van der Waals surface area contributed by atoms with Crippen LogP contribution in [0.4, 0.5) is 0 Å². The second kappa shape index (κ2) is 5.64. The van der Waals surface area contributed by atoms with Crippen molar-refractivity contribution >= 4 is 39.1 Å². The smallest absolute Gasteiger partial charge is 0.397 e. The van der Waals surface area contributed by atoms with Crippen molar-refractivity contribution in [2.24, 2.45) is 0 Å². The van der Waals surface area contributed by atoms with Crippen LogP contribution in [-0.2, 0) is 20.9 Å². The first-order valence-electron chi connectivity index (χ1n) is 5.03. The quantitative estimate of drug-likeness (QED) is 0.673. The Kier molecular flexibility index (Phi) is 4.70. The third-order valence-corrected chi connectivity index (χ3v) is 3.26. The van der Waals surface area contributed by atoms with Crippen LogP contribution in [0, 0.1) is 0 Å². The van der Waals surface area contributed by atoms with E-state index in [1.807, 2.05) is 12.1 Å². The minimum absolute atomic E-state index is 0.328. The number of rotatable bonds is 2. The average Bonchev–Trinajstić information content (AvgIpc) is 2.58. The monoisotopic (exact) mass is 319 g/mol. The van der Waals surface area contributed by atoms with Gasteiger partial charge in [-0.05, 0) is 48.8 Å². The molecule has 4 nitrogen and oxygen atoms in total. The van der Waals surface area contributed by atoms with Crippen LogP contribution in [0.15, 0.2) is 15.9 Å². The second-order valence-corrected chi connectivity index (χ2v) is 6.94. The summed E-state index contributed by atoms with van der Waals surface area (Å²) < 4.78 is 5.92. The summed E-state index contributed by atoms with van der Waals surface area (Å²) in [6, 6.07) is 3.77. The Morgan fingerprint density at radius 2 is 2.06 bits per heavy atom. The molecule has 6 heteroatoms. The molecule has 0 spiro atoms. The van der Waals surface area contributed by atoms with Crippen molar-refractivity contribution in [3.8, 4) is 0 Å². The zero-order chi connectivity index (χ0) is 13.1. The molecule has 0 radical (unpaired) electrons. The fraction of sp³-hybridized carbons (Fsp3) is 0.455. The maximum absolute atomic E-state index is 11.4. The molecule has 1 aromatic rings. The summed E-state index contributed by atoms with van der Waals surface area (Å²) in [5, 5.41) is 2.51. The number of ether oxygens (including phenoxy) is 1. The molecule has 17 heavy (non-hydrogen) atoms. The lowest BCUT2D eigenvalue weighted by atomic mass is 10.2. The first-order chi connectivity index (χ1) is 7.78. The maximum atomic E-state index is 11.4. The Hall–Kier alpha value is -0.880. The van der Waals surface area contributed by atoms with Crippen molar-refractivity contribution in [2.75, 3.05) is 0 Å². The number of carbonyl (C=O) groups is 2. The van der Waals surface area contributed by atoms with Crippen molar-refractivity contribution in [1.82, 2.24) is 5.32 Å². The van der Waals surface area contributed by atoms with E-state index in [9.17, 15) is 9.59 Å². The van der Waals surface area contributed by atoms with Crippen LogP contribution in [0.3, 0.4) is 0 Å². The van der Waals surface area contributed by atoms with Gasteiger partial charge in [0.15, 0.2) is 0 Å². The van der Waals surface area contributed by atoms with Crippen molar-refractivity contribution in [2.45, 2.75) is 32.9 Å². The van der Waals surface area contributed by atoms with Gasteiger partial charge in [0.25, 0.3) is 0 Å². The van der Waals surface area contributed by atoms with Gasteiger partial charge in [-0.25, -0.2) is 4.79 Å². The highest BCUT2D eigenvalue weighted by Gasteiger charge is 2.22. The lowest BCUT2D eigenvalue weighted by molar-refractivity contribution is -0.163. The second-order valence-electron chi connectivity index (χ2n) is 4.39. The lowest BCUT2D eigenvalue weighted by Crippen LogP contribution is -2.36. The fourth-order valence-electron chi connectivity index (χ4n) is 1.01. The predicted molar refractivity (Wildman–Crippen MR) is 69.7 cm³/mol. The highest BCUT2D eigenvalue weighted by Crippen LogP contribution is 2.21. The lowest BCUT2D eigenvalue weighted by Gasteiger charge is -2.18. The van der Waals surface area contributed by atoms with E-state index in [2.05, 4.69) is 21.2 Å². The highest BCUT2D eigenvalue weighted by molar-refractivity contribution is 9.11. The predicted octanol–water partition coefficient (Wildman–Crippen LogP) is 2.47. The van der Waals surface area contributed by atoms with Crippen LogP contribution in [0.5, 0.6) is 0 Å². The van der Waals surface area contributed by atoms with Crippen LogP contribution in [0.2, 0.25) is 0 Å². The number of hydrogen-bond acceptors (Lipinski definition) is 4. The molecule has 0 aromatic carbocycles. The normalized spacial score (nSPS) is 11.1. The standard InChI is InChI=1S/C11H14BrNO3S/c1-11(2,3)16-10(15)9(14)13-6-7-4-5-8(12)17-7/h4-5H,6H2,1-3H3,(H,13,14). The summed E-state index contributed by atoms with van der Waals surface area (Å²) in [5.74, 6) is -1.57. The summed E-state index contributed by atoms with van der Waals surface area (Å²) in [6.45, 7) is 5.48. The number of halogens is 1. The van der Waals surface area contributed by atoms with Gasteiger partial charge in [0.1, 0.15) is 5.60 Å². The van der Waals surface area contributed by atoms with E-state index in [0.29, 0.717) is 6.54 Å². The molecule has 0 aliphatic carbocycles. The molecule has 1 heterocycles. The molecule has 1 N–H and O–H groups in total. The molecule has 1 rings (SSSR count). The number of esters is 1. The number of amides is 1. The molecule has 0 bridgehead atoms. The Bertz CT molecular complexity index is 423. The number of carbonyl (C=O) groups excluding carboxylic acids is 2. The van der Waals surface area contributed by atoms with Gasteiger partial charge in [-0.2, -0.15) is 0 Å². The first-order valence-corrected chi connectivity index (χ1v) is 6.64. The van der Waals surface area contributed by atoms with Crippen LogP contribution in [0.1, 0.15) is 25.6 Å². The molecule has 0 aliphatic rings. The largest absolute Gasteiger partial charge is 0.453 e. The van der Waals surface area contributed by atoms with Crippen molar-refractivity contribution in [3.63, 3.8) is 0 Å². The van der Waals surface area contributed by atoms with Crippen LogP contribution < -0.4 is 5.32 Å². The maximum Gasteiger partial charge on any atom is 0.397 e. The Balaban J connectivity index is 2.42. The van der Waals surface area contributed by atoms with Crippen LogP contribution in [-0.4, -0.2) is 17.5 Å². The molecular formula is C11H14BrNO3S. The van der Waals surface area contributed by atoms with E-state index in [1.165, 1.54) is 11.3 Å². The summed E-state index contributed by atoms with van der Waals surface area (Å²) in [6.07, 6.45) is 0. The first kappa shape index (κ1) is 14.2. The molecule has 0 atom stereocenters. The topological polar surface area (TPSA) is 55.4 Å². The van der Waals surface area contributed by atoms with E-state index in [-0.39, 0.29) is 0 Å². The molecule has 1 aromatic heterocycles. The van der Waals surface area contributed by atoms with E-state index in [1.54, 1.807) is 20.8 Å². The third kappa shape index (κ3) is 5.32. The van der Waals surface area contributed by atoms with Crippen molar-refractivity contribution in [1.29, 1.82) is 0 Å². The van der Waals surface area contributed by atoms with Gasteiger partial charge in [-0.15, -0.1) is 11.3 Å². The fourth-order valence-corrected chi connectivity index (χ4v) is 2.43. The van der Waals surface area contributed by atoms with Crippen LogP contribution >= 0.6 is 27.3 Å². The van der Waals surface area contributed by atoms with E-state index >= 15 is 0 Å². The third-order valence-electron chi connectivity index (χ3n) is 1.64. The zero-order valence-electron chi connectivity index (χ0n) is 9.87. The van der Waals surface area contributed by atoms with Gasteiger partial charge in [0.2, 0.25) is 0 Å².